The van der Waals surface area contributed by atoms with E-state index in [1.165, 1.54) is 4.90 Å². The molecule has 1 saturated heterocycles. The molecule has 0 saturated carbocycles. The Labute approximate surface area is 99.3 Å². The minimum atomic E-state index is -3.05. The molecule has 1 heterocycles. The van der Waals surface area contributed by atoms with E-state index in [1.54, 1.807) is 0 Å². The van der Waals surface area contributed by atoms with E-state index in [1.807, 2.05) is 0 Å². The zero-order valence-corrected chi connectivity index (χ0v) is 10.1. The minimum Gasteiger partial charge on any atom is -0.480 e. The van der Waals surface area contributed by atoms with Gasteiger partial charge in [-0.15, -0.1) is 0 Å². The molecule has 1 fully saturated rings. The monoisotopic (exact) mass is 265 g/mol. The van der Waals surface area contributed by atoms with Gasteiger partial charge < -0.3 is 14.7 Å². The second-order valence-electron chi connectivity index (χ2n) is 3.77. The van der Waals surface area contributed by atoms with Crippen molar-refractivity contribution in [3.8, 4) is 0 Å². The van der Waals surface area contributed by atoms with Gasteiger partial charge in [0.1, 0.15) is 13.2 Å². The number of carbonyl (C=O) groups is 2. The molecule has 0 aromatic rings. The lowest BCUT2D eigenvalue weighted by Gasteiger charge is -2.19. The number of carboxylic acid groups (broad SMARTS) is 1. The molecule has 1 rings (SSSR count). The summed E-state index contributed by atoms with van der Waals surface area (Å²) in [6.07, 6.45) is 0.410. The number of carbonyl (C=O) groups excluding carboxylic acids is 1. The summed E-state index contributed by atoms with van der Waals surface area (Å²) < 4.78 is 27.3. The fourth-order valence-electron chi connectivity index (χ4n) is 1.50. The second-order valence-corrected chi connectivity index (χ2v) is 6.08. The van der Waals surface area contributed by atoms with Gasteiger partial charge in [0.25, 0.3) is 0 Å². The molecule has 1 amide bonds. The van der Waals surface area contributed by atoms with Crippen LogP contribution < -0.4 is 0 Å². The number of ether oxygens (including phenoxy) is 1. The van der Waals surface area contributed by atoms with Crippen LogP contribution in [0.2, 0.25) is 0 Å². The number of nitrogens with zero attached hydrogens (tertiary/aromatic N) is 1. The molecule has 8 heteroatoms. The number of sulfone groups is 1. The van der Waals surface area contributed by atoms with Crippen LogP contribution in [0.4, 0.5) is 0 Å². The Kier molecular flexibility index (Phi) is 4.88. The molecule has 17 heavy (non-hydrogen) atoms. The van der Waals surface area contributed by atoms with Gasteiger partial charge in [-0.05, 0) is 6.42 Å². The summed E-state index contributed by atoms with van der Waals surface area (Å²) in [5.74, 6) is -1.47. The van der Waals surface area contributed by atoms with E-state index < -0.39 is 22.4 Å². The van der Waals surface area contributed by atoms with Gasteiger partial charge in [-0.1, -0.05) is 0 Å². The third-order valence-electron chi connectivity index (χ3n) is 2.36. The molecule has 98 valence electrons. The maximum atomic E-state index is 11.6. The van der Waals surface area contributed by atoms with Gasteiger partial charge in [0.15, 0.2) is 9.84 Å². The van der Waals surface area contributed by atoms with E-state index in [2.05, 4.69) is 4.74 Å². The van der Waals surface area contributed by atoms with Crippen LogP contribution in [0.5, 0.6) is 0 Å². The Morgan fingerprint density at radius 3 is 2.53 bits per heavy atom. The molecule has 7 nitrogen and oxygen atoms in total. The Morgan fingerprint density at radius 1 is 1.18 bits per heavy atom. The number of hydrogen-bond donors (Lipinski definition) is 1. The standard InChI is InChI=1S/C9H15NO6S/c11-8(6-16-7-9(12)13)10-2-1-4-17(14,15)5-3-10/h1-7H2,(H,12,13). The van der Waals surface area contributed by atoms with Crippen molar-refractivity contribution in [2.45, 2.75) is 6.42 Å². The van der Waals surface area contributed by atoms with Crippen LogP contribution in [0.15, 0.2) is 0 Å². The molecule has 0 unspecified atom stereocenters. The van der Waals surface area contributed by atoms with E-state index in [0.717, 1.165) is 0 Å². The largest absolute Gasteiger partial charge is 0.480 e. The molecule has 0 spiro atoms. The first-order valence-corrected chi connectivity index (χ1v) is 7.00. The average Bonchev–Trinajstić information content (AvgIpc) is 2.38. The first-order valence-electron chi connectivity index (χ1n) is 5.18. The van der Waals surface area contributed by atoms with E-state index in [0.29, 0.717) is 13.0 Å². The van der Waals surface area contributed by atoms with Crippen molar-refractivity contribution >= 4 is 21.7 Å². The third-order valence-corrected chi connectivity index (χ3v) is 4.07. The number of aliphatic carboxylic acids is 1. The summed E-state index contributed by atoms with van der Waals surface area (Å²) in [5.41, 5.74) is 0. The number of hydrogen-bond acceptors (Lipinski definition) is 5. The lowest BCUT2D eigenvalue weighted by atomic mass is 10.4. The summed E-state index contributed by atoms with van der Waals surface area (Å²) in [7, 11) is -3.05. The zero-order valence-electron chi connectivity index (χ0n) is 9.29. The van der Waals surface area contributed by atoms with Crippen LogP contribution in [0.25, 0.3) is 0 Å². The number of rotatable bonds is 4. The second kappa shape index (κ2) is 5.97. The summed E-state index contributed by atoms with van der Waals surface area (Å²) in [5, 5.41) is 8.32. The topological polar surface area (TPSA) is 101 Å². The molecule has 0 atom stereocenters. The van der Waals surface area contributed by atoms with Gasteiger partial charge in [-0.3, -0.25) is 4.79 Å². The highest BCUT2D eigenvalue weighted by atomic mass is 32.2. The van der Waals surface area contributed by atoms with E-state index in [9.17, 15) is 18.0 Å². The fraction of sp³-hybridized carbons (Fsp3) is 0.778. The molecule has 0 aromatic heterocycles. The van der Waals surface area contributed by atoms with E-state index >= 15 is 0 Å². The summed E-state index contributed by atoms with van der Waals surface area (Å²) in [4.78, 5) is 23.1. The first-order chi connectivity index (χ1) is 7.91. The Hall–Kier alpha value is -1.15. The number of carboxylic acids is 1. The molecular formula is C9H15NO6S. The molecule has 1 aliphatic heterocycles. The Bertz CT molecular complexity index is 390. The molecule has 0 aliphatic carbocycles. The van der Waals surface area contributed by atoms with Gasteiger partial charge in [0, 0.05) is 13.1 Å². The molecule has 0 radical (unpaired) electrons. The van der Waals surface area contributed by atoms with Crippen molar-refractivity contribution in [3.63, 3.8) is 0 Å². The smallest absolute Gasteiger partial charge is 0.329 e. The zero-order chi connectivity index (χ0) is 12.9. The van der Waals surface area contributed by atoms with Crippen molar-refractivity contribution in [2.24, 2.45) is 0 Å². The summed E-state index contributed by atoms with van der Waals surface area (Å²) in [6, 6.07) is 0. The fourth-order valence-corrected chi connectivity index (χ4v) is 2.78. The minimum absolute atomic E-state index is 0.0440. The van der Waals surface area contributed by atoms with Crippen LogP contribution in [-0.2, 0) is 24.2 Å². The maximum absolute atomic E-state index is 11.6. The normalized spacial score (nSPS) is 19.6. The van der Waals surface area contributed by atoms with Gasteiger partial charge in [0.05, 0.1) is 11.5 Å². The third kappa shape index (κ3) is 5.14. The molecular weight excluding hydrogens is 250 g/mol. The first kappa shape index (κ1) is 13.9. The van der Waals surface area contributed by atoms with Gasteiger partial charge in [-0.25, -0.2) is 13.2 Å². The Balaban J connectivity index is 2.39. The highest BCUT2D eigenvalue weighted by Crippen LogP contribution is 2.05. The van der Waals surface area contributed by atoms with Crippen LogP contribution in [0.1, 0.15) is 6.42 Å². The average molecular weight is 265 g/mol. The predicted octanol–water partition coefficient (Wildman–Crippen LogP) is -1.27. The molecule has 1 N–H and O–H groups in total. The van der Waals surface area contributed by atoms with Gasteiger partial charge in [-0.2, -0.15) is 0 Å². The Morgan fingerprint density at radius 2 is 1.88 bits per heavy atom. The maximum Gasteiger partial charge on any atom is 0.329 e. The van der Waals surface area contributed by atoms with E-state index in [4.69, 9.17) is 5.11 Å². The lowest BCUT2D eigenvalue weighted by Crippen LogP contribution is -2.36. The van der Waals surface area contributed by atoms with Crippen molar-refractivity contribution in [2.75, 3.05) is 37.8 Å². The molecule has 0 bridgehead atoms. The number of amides is 1. The lowest BCUT2D eigenvalue weighted by molar-refractivity contribution is -0.145. The molecule has 1 aliphatic rings. The highest BCUT2D eigenvalue weighted by Gasteiger charge is 2.22. The predicted molar refractivity (Wildman–Crippen MR) is 58.3 cm³/mol. The summed E-state index contributed by atoms with van der Waals surface area (Å²) in [6.45, 7) is -0.337. The van der Waals surface area contributed by atoms with Crippen LogP contribution in [0, 0.1) is 0 Å². The van der Waals surface area contributed by atoms with Gasteiger partial charge >= 0.3 is 5.97 Å². The molecule has 0 aromatic carbocycles. The van der Waals surface area contributed by atoms with Crippen LogP contribution in [-0.4, -0.2) is 68.1 Å². The van der Waals surface area contributed by atoms with E-state index in [-0.39, 0.29) is 30.6 Å². The quantitative estimate of drug-likeness (QED) is 0.680. The SMILES string of the molecule is O=C(O)COCC(=O)N1CCCS(=O)(=O)CC1. The van der Waals surface area contributed by atoms with Crippen molar-refractivity contribution in [1.29, 1.82) is 0 Å². The highest BCUT2D eigenvalue weighted by molar-refractivity contribution is 7.91. The van der Waals surface area contributed by atoms with Crippen LogP contribution in [0.3, 0.4) is 0 Å². The van der Waals surface area contributed by atoms with Crippen molar-refractivity contribution in [1.82, 2.24) is 4.90 Å². The van der Waals surface area contributed by atoms with Gasteiger partial charge in [0.2, 0.25) is 5.91 Å². The van der Waals surface area contributed by atoms with Crippen molar-refractivity contribution < 1.29 is 27.9 Å². The van der Waals surface area contributed by atoms with Crippen molar-refractivity contribution in [3.05, 3.63) is 0 Å². The van der Waals surface area contributed by atoms with Crippen LogP contribution >= 0.6 is 0 Å². The summed E-state index contributed by atoms with van der Waals surface area (Å²) >= 11 is 0.